The minimum atomic E-state index is -0.689. The second-order valence-electron chi connectivity index (χ2n) is 4.49. The molecule has 0 saturated carbocycles. The second kappa shape index (κ2) is 5.62. The number of aromatic nitrogens is 3. The summed E-state index contributed by atoms with van der Waals surface area (Å²) >= 11 is 0. The third-order valence-corrected chi connectivity index (χ3v) is 2.92. The fraction of sp³-hybridized carbons (Fsp3) is 0.308. The van der Waals surface area contributed by atoms with Gasteiger partial charge in [-0.15, -0.1) is 0 Å². The van der Waals surface area contributed by atoms with E-state index in [9.17, 15) is 4.79 Å². The molecule has 1 aromatic heterocycles. The highest BCUT2D eigenvalue weighted by Crippen LogP contribution is 2.13. The lowest BCUT2D eigenvalue weighted by atomic mass is 10.1. The van der Waals surface area contributed by atoms with Crippen molar-refractivity contribution in [3.63, 3.8) is 0 Å². The van der Waals surface area contributed by atoms with Crippen molar-refractivity contribution in [2.45, 2.75) is 25.9 Å². The third kappa shape index (κ3) is 3.17. The number of amides is 1. The van der Waals surface area contributed by atoms with Crippen LogP contribution >= 0.6 is 0 Å². The maximum Gasteiger partial charge on any atom is 0.242 e. The molecule has 100 valence electrons. The Morgan fingerprint density at radius 1 is 1.37 bits per heavy atom. The van der Waals surface area contributed by atoms with Crippen molar-refractivity contribution in [3.05, 3.63) is 47.5 Å². The van der Waals surface area contributed by atoms with E-state index in [0.29, 0.717) is 5.82 Å². The van der Waals surface area contributed by atoms with Gasteiger partial charge in [0.1, 0.15) is 18.2 Å². The summed E-state index contributed by atoms with van der Waals surface area (Å²) in [6.07, 6.45) is 1.40. The molecule has 0 fully saturated rings. The highest BCUT2D eigenvalue weighted by Gasteiger charge is 2.19. The van der Waals surface area contributed by atoms with E-state index in [4.69, 9.17) is 5.73 Å². The Balaban J connectivity index is 2.01. The zero-order chi connectivity index (χ0) is 13.8. The molecule has 1 aromatic carbocycles. The monoisotopic (exact) mass is 259 g/mol. The van der Waals surface area contributed by atoms with Crippen LogP contribution in [0.25, 0.3) is 0 Å². The average molecular weight is 259 g/mol. The highest BCUT2D eigenvalue weighted by molar-refractivity contribution is 5.83. The van der Waals surface area contributed by atoms with Crippen LogP contribution < -0.4 is 11.1 Å². The van der Waals surface area contributed by atoms with E-state index in [2.05, 4.69) is 20.5 Å². The predicted molar refractivity (Wildman–Crippen MR) is 71.0 cm³/mol. The third-order valence-electron chi connectivity index (χ3n) is 2.92. The molecule has 0 radical (unpaired) electrons. The number of benzene rings is 1. The Morgan fingerprint density at radius 2 is 2.05 bits per heavy atom. The minimum Gasteiger partial charge on any atom is -0.345 e. The lowest BCUT2D eigenvalue weighted by Gasteiger charge is -2.16. The van der Waals surface area contributed by atoms with E-state index in [-0.39, 0.29) is 11.9 Å². The zero-order valence-electron chi connectivity index (χ0n) is 10.9. The first-order chi connectivity index (χ1) is 9.08. The van der Waals surface area contributed by atoms with Crippen molar-refractivity contribution in [2.75, 3.05) is 0 Å². The number of nitrogens with two attached hydrogens (primary N) is 1. The van der Waals surface area contributed by atoms with Crippen LogP contribution in [0.5, 0.6) is 0 Å². The summed E-state index contributed by atoms with van der Waals surface area (Å²) in [6.45, 7) is 3.81. The molecule has 19 heavy (non-hydrogen) atoms. The van der Waals surface area contributed by atoms with Crippen LogP contribution in [-0.4, -0.2) is 21.1 Å². The standard InChI is InChI=1S/C13H17N5O/c1-8-3-5-10(6-4-8)11(14)13(19)17-9(2)12-15-7-16-18-12/h3-7,9,11H,14H2,1-2H3,(H,17,19)(H,15,16,18). The minimum absolute atomic E-state index is 0.243. The zero-order valence-corrected chi connectivity index (χ0v) is 10.9. The quantitative estimate of drug-likeness (QED) is 0.762. The summed E-state index contributed by atoms with van der Waals surface area (Å²) in [5, 5.41) is 9.25. The highest BCUT2D eigenvalue weighted by atomic mass is 16.2. The molecule has 0 aliphatic carbocycles. The number of rotatable bonds is 4. The Bertz CT molecular complexity index is 535. The van der Waals surface area contributed by atoms with Crippen molar-refractivity contribution >= 4 is 5.91 Å². The van der Waals surface area contributed by atoms with Crippen molar-refractivity contribution in [1.82, 2.24) is 20.5 Å². The first-order valence-electron chi connectivity index (χ1n) is 6.05. The van der Waals surface area contributed by atoms with E-state index in [1.165, 1.54) is 6.33 Å². The fourth-order valence-corrected chi connectivity index (χ4v) is 1.72. The molecule has 4 N–H and O–H groups in total. The van der Waals surface area contributed by atoms with Crippen LogP contribution in [0.2, 0.25) is 0 Å². The van der Waals surface area contributed by atoms with Crippen LogP contribution in [-0.2, 0) is 4.79 Å². The van der Waals surface area contributed by atoms with E-state index in [1.54, 1.807) is 0 Å². The predicted octanol–water partition coefficient (Wildman–Crippen LogP) is 0.990. The normalized spacial score (nSPS) is 13.8. The Kier molecular flexibility index (Phi) is 3.91. The first kappa shape index (κ1) is 13.2. The van der Waals surface area contributed by atoms with E-state index in [0.717, 1.165) is 11.1 Å². The maximum absolute atomic E-state index is 12.0. The SMILES string of the molecule is Cc1ccc(C(N)C(=O)NC(C)c2ncn[nH]2)cc1. The van der Waals surface area contributed by atoms with Crippen LogP contribution in [0.4, 0.5) is 0 Å². The molecule has 6 heteroatoms. The molecule has 6 nitrogen and oxygen atoms in total. The largest absolute Gasteiger partial charge is 0.345 e. The number of H-pyrrole nitrogens is 1. The van der Waals surface area contributed by atoms with Crippen molar-refractivity contribution in [1.29, 1.82) is 0 Å². The van der Waals surface area contributed by atoms with Gasteiger partial charge < -0.3 is 11.1 Å². The van der Waals surface area contributed by atoms with Crippen molar-refractivity contribution in [3.8, 4) is 0 Å². The molecule has 2 atom stereocenters. The summed E-state index contributed by atoms with van der Waals surface area (Å²) in [5.74, 6) is 0.359. The summed E-state index contributed by atoms with van der Waals surface area (Å²) in [4.78, 5) is 16.0. The Labute approximate surface area is 111 Å². The number of aromatic amines is 1. The summed E-state index contributed by atoms with van der Waals surface area (Å²) < 4.78 is 0. The van der Waals surface area contributed by atoms with Crippen LogP contribution in [0.15, 0.2) is 30.6 Å². The van der Waals surface area contributed by atoms with Gasteiger partial charge in [-0.1, -0.05) is 29.8 Å². The number of carbonyl (C=O) groups is 1. The Hall–Kier alpha value is -2.21. The number of hydrogen-bond acceptors (Lipinski definition) is 4. The topological polar surface area (TPSA) is 96.7 Å². The summed E-state index contributed by atoms with van der Waals surface area (Å²) in [6, 6.07) is 6.64. The summed E-state index contributed by atoms with van der Waals surface area (Å²) in [7, 11) is 0. The smallest absolute Gasteiger partial charge is 0.242 e. The molecule has 0 aliphatic heterocycles. The van der Waals surface area contributed by atoms with E-state index in [1.807, 2.05) is 38.1 Å². The van der Waals surface area contributed by atoms with E-state index >= 15 is 0 Å². The van der Waals surface area contributed by atoms with Gasteiger partial charge in [0, 0.05) is 0 Å². The van der Waals surface area contributed by atoms with Gasteiger partial charge in [0.2, 0.25) is 5.91 Å². The van der Waals surface area contributed by atoms with Crippen molar-refractivity contribution < 1.29 is 4.79 Å². The number of carbonyl (C=O) groups excluding carboxylic acids is 1. The van der Waals surface area contributed by atoms with Gasteiger partial charge in [0.05, 0.1) is 6.04 Å². The number of aryl methyl sites for hydroxylation is 1. The molecule has 1 heterocycles. The first-order valence-corrected chi connectivity index (χ1v) is 6.05. The van der Waals surface area contributed by atoms with Gasteiger partial charge in [-0.2, -0.15) is 5.10 Å². The van der Waals surface area contributed by atoms with Crippen LogP contribution in [0.3, 0.4) is 0 Å². The van der Waals surface area contributed by atoms with Gasteiger partial charge in [0.15, 0.2) is 0 Å². The molecule has 2 unspecified atom stereocenters. The van der Waals surface area contributed by atoms with Crippen LogP contribution in [0.1, 0.15) is 36.0 Å². The molecule has 0 spiro atoms. The molecule has 0 bridgehead atoms. The number of nitrogens with zero attached hydrogens (tertiary/aromatic N) is 2. The lowest BCUT2D eigenvalue weighted by molar-refractivity contribution is -0.123. The Morgan fingerprint density at radius 3 is 2.63 bits per heavy atom. The van der Waals surface area contributed by atoms with Gasteiger partial charge in [-0.3, -0.25) is 9.89 Å². The number of nitrogens with one attached hydrogen (secondary N) is 2. The molecule has 0 saturated heterocycles. The molecule has 2 rings (SSSR count). The second-order valence-corrected chi connectivity index (χ2v) is 4.49. The summed E-state index contributed by atoms with van der Waals surface area (Å²) in [5.41, 5.74) is 7.85. The molecule has 2 aromatic rings. The van der Waals surface area contributed by atoms with Gasteiger partial charge in [0.25, 0.3) is 0 Å². The van der Waals surface area contributed by atoms with E-state index < -0.39 is 6.04 Å². The number of hydrogen-bond donors (Lipinski definition) is 3. The molecule has 1 amide bonds. The molecular formula is C13H17N5O. The van der Waals surface area contributed by atoms with Crippen molar-refractivity contribution in [2.24, 2.45) is 5.73 Å². The lowest BCUT2D eigenvalue weighted by Crippen LogP contribution is -2.36. The van der Waals surface area contributed by atoms with Crippen LogP contribution in [0, 0.1) is 6.92 Å². The van der Waals surface area contributed by atoms with Gasteiger partial charge in [-0.05, 0) is 19.4 Å². The maximum atomic E-state index is 12.0. The van der Waals surface area contributed by atoms with Gasteiger partial charge >= 0.3 is 0 Å². The fourth-order valence-electron chi connectivity index (χ4n) is 1.72. The average Bonchev–Trinajstić information content (AvgIpc) is 2.92. The molecular weight excluding hydrogens is 242 g/mol. The van der Waals surface area contributed by atoms with Gasteiger partial charge in [-0.25, -0.2) is 4.98 Å². The molecule has 0 aliphatic rings.